The van der Waals surface area contributed by atoms with Crippen LogP contribution in [0, 0.1) is 5.41 Å². The van der Waals surface area contributed by atoms with Gasteiger partial charge in [-0.15, -0.1) is 0 Å². The van der Waals surface area contributed by atoms with Crippen molar-refractivity contribution in [3.05, 3.63) is 84.2 Å². The van der Waals surface area contributed by atoms with Gasteiger partial charge in [-0.1, -0.05) is 30.9 Å². The van der Waals surface area contributed by atoms with E-state index in [9.17, 15) is 14.7 Å². The molecule has 0 bridgehead atoms. The summed E-state index contributed by atoms with van der Waals surface area (Å²) in [6.45, 7) is 3.43. The molecule has 1 aromatic carbocycles. The van der Waals surface area contributed by atoms with E-state index >= 15 is 0 Å². The molecule has 0 saturated carbocycles. The Labute approximate surface area is 134 Å². The maximum Gasteiger partial charge on any atom is 0.335 e. The first-order valence-electron chi connectivity index (χ1n) is 6.75. The van der Waals surface area contributed by atoms with Gasteiger partial charge in [0.05, 0.1) is 11.3 Å². The molecule has 5 nitrogen and oxygen atoms in total. The van der Waals surface area contributed by atoms with Crippen LogP contribution in [0.1, 0.15) is 27.1 Å². The second kappa shape index (κ2) is 8.94. The first kappa shape index (κ1) is 17.8. The standard InChI is InChI=1S/C18H17NO4/c1-2-5-16(20)11-10-15(19)8-4-9-17(21)13-6-3-7-14(12-13)18(22)23/h2-8,10-12,19-20H,1,9H2,(H,22,23)/b8-4-,11-10+,16-5-,19-15?. The molecule has 0 atom stereocenters. The molecule has 5 heteroatoms. The highest BCUT2D eigenvalue weighted by Crippen LogP contribution is 2.08. The number of carbonyl (C=O) groups is 2. The van der Waals surface area contributed by atoms with Crippen LogP contribution in [0.2, 0.25) is 0 Å². The van der Waals surface area contributed by atoms with Gasteiger partial charge in [-0.3, -0.25) is 4.79 Å². The SMILES string of the molecule is C=C/C=C(O)/C=C/C(=N)/C=C\CC(=O)c1cccc(C(=O)O)c1. The number of hydrogen-bond acceptors (Lipinski definition) is 4. The largest absolute Gasteiger partial charge is 0.508 e. The zero-order chi connectivity index (χ0) is 17.2. The number of hydrogen-bond donors (Lipinski definition) is 3. The quantitative estimate of drug-likeness (QED) is 0.295. The second-order valence-corrected chi connectivity index (χ2v) is 4.53. The third-order valence-corrected chi connectivity index (χ3v) is 2.75. The summed E-state index contributed by atoms with van der Waals surface area (Å²) in [5.74, 6) is -1.36. The van der Waals surface area contributed by atoms with Gasteiger partial charge >= 0.3 is 5.97 Å². The van der Waals surface area contributed by atoms with E-state index in [1.165, 1.54) is 54.7 Å². The summed E-state index contributed by atoms with van der Waals surface area (Å²) in [5.41, 5.74) is 0.476. The van der Waals surface area contributed by atoms with Gasteiger partial charge in [0.2, 0.25) is 0 Å². The molecule has 118 valence electrons. The number of allylic oxidation sites excluding steroid dienone is 6. The van der Waals surface area contributed by atoms with Gasteiger partial charge in [0, 0.05) is 12.0 Å². The summed E-state index contributed by atoms with van der Waals surface area (Å²) in [5, 5.41) is 25.8. The minimum atomic E-state index is -1.09. The fraction of sp³-hybridized carbons (Fsp3) is 0.0556. The highest BCUT2D eigenvalue weighted by atomic mass is 16.4. The van der Waals surface area contributed by atoms with E-state index < -0.39 is 5.97 Å². The van der Waals surface area contributed by atoms with E-state index in [4.69, 9.17) is 10.5 Å². The molecule has 0 aromatic heterocycles. The Morgan fingerprint density at radius 3 is 2.48 bits per heavy atom. The van der Waals surface area contributed by atoms with E-state index in [0.717, 1.165) is 0 Å². The minimum Gasteiger partial charge on any atom is -0.508 e. The van der Waals surface area contributed by atoms with Gasteiger partial charge in [0.1, 0.15) is 5.76 Å². The highest BCUT2D eigenvalue weighted by molar-refractivity contribution is 6.03. The molecule has 0 heterocycles. The summed E-state index contributed by atoms with van der Waals surface area (Å²) >= 11 is 0. The van der Waals surface area contributed by atoms with Crippen molar-refractivity contribution < 1.29 is 19.8 Å². The molecule has 0 aliphatic rings. The number of aliphatic hydroxyl groups is 1. The first-order valence-corrected chi connectivity index (χ1v) is 6.75. The normalized spacial score (nSPS) is 11.7. The van der Waals surface area contributed by atoms with E-state index in [1.54, 1.807) is 6.07 Å². The lowest BCUT2D eigenvalue weighted by Gasteiger charge is -1.99. The molecule has 0 spiro atoms. The Morgan fingerprint density at radius 2 is 1.83 bits per heavy atom. The van der Waals surface area contributed by atoms with Crippen LogP contribution in [0.4, 0.5) is 0 Å². The number of rotatable bonds is 8. The number of Topliss-reactive ketones (excluding diaryl/α,β-unsaturated/α-hetero) is 1. The monoisotopic (exact) mass is 311 g/mol. The maximum absolute atomic E-state index is 12.0. The van der Waals surface area contributed by atoms with E-state index in [2.05, 4.69) is 6.58 Å². The Kier molecular flexibility index (Phi) is 6.94. The van der Waals surface area contributed by atoms with Crippen LogP contribution in [0.15, 0.2) is 73.1 Å². The van der Waals surface area contributed by atoms with Crippen molar-refractivity contribution in [3.8, 4) is 0 Å². The summed E-state index contributed by atoms with van der Waals surface area (Å²) in [4.78, 5) is 22.8. The van der Waals surface area contributed by atoms with Gasteiger partial charge in [0.25, 0.3) is 0 Å². The van der Waals surface area contributed by atoms with Crippen LogP contribution in [0.3, 0.4) is 0 Å². The average Bonchev–Trinajstić information content (AvgIpc) is 2.53. The molecule has 3 N–H and O–H groups in total. The Bertz CT molecular complexity index is 711. The molecule has 0 aliphatic carbocycles. The molecule has 0 fully saturated rings. The number of aromatic carboxylic acids is 1. The van der Waals surface area contributed by atoms with Crippen LogP contribution in [0.25, 0.3) is 0 Å². The lowest BCUT2D eigenvalue weighted by Crippen LogP contribution is -2.02. The predicted octanol–water partition coefficient (Wildman–Crippen LogP) is 3.72. The number of benzene rings is 1. The second-order valence-electron chi connectivity index (χ2n) is 4.53. The third-order valence-electron chi connectivity index (χ3n) is 2.75. The van der Waals surface area contributed by atoms with Gasteiger partial charge in [0.15, 0.2) is 5.78 Å². The van der Waals surface area contributed by atoms with Gasteiger partial charge in [-0.2, -0.15) is 0 Å². The van der Waals surface area contributed by atoms with Crippen LogP contribution >= 0.6 is 0 Å². The van der Waals surface area contributed by atoms with Crippen molar-refractivity contribution in [2.45, 2.75) is 6.42 Å². The van der Waals surface area contributed by atoms with Crippen molar-refractivity contribution in [3.63, 3.8) is 0 Å². The number of ketones is 1. The fourth-order valence-corrected chi connectivity index (χ4v) is 1.64. The van der Waals surface area contributed by atoms with Gasteiger partial charge in [-0.05, 0) is 36.4 Å². The molecule has 1 rings (SSSR count). The molecular formula is C18H17NO4. The topological polar surface area (TPSA) is 98.5 Å². The summed E-state index contributed by atoms with van der Waals surface area (Å²) < 4.78 is 0. The van der Waals surface area contributed by atoms with E-state index in [1.807, 2.05) is 0 Å². The molecular weight excluding hydrogens is 294 g/mol. The van der Waals surface area contributed by atoms with E-state index in [0.29, 0.717) is 5.56 Å². The molecule has 0 saturated heterocycles. The highest BCUT2D eigenvalue weighted by Gasteiger charge is 2.08. The molecule has 0 amide bonds. The Morgan fingerprint density at radius 1 is 1.13 bits per heavy atom. The Hall–Kier alpha value is -3.21. The molecule has 23 heavy (non-hydrogen) atoms. The first-order chi connectivity index (χ1) is 10.9. The van der Waals surface area contributed by atoms with Crippen molar-refractivity contribution in [2.24, 2.45) is 0 Å². The lowest BCUT2D eigenvalue weighted by molar-refractivity contribution is 0.0697. The van der Waals surface area contributed by atoms with Crippen LogP contribution in [-0.4, -0.2) is 27.7 Å². The Balaban J connectivity index is 2.63. The number of nitrogens with one attached hydrogen (secondary N) is 1. The summed E-state index contributed by atoms with van der Waals surface area (Å²) in [6.07, 6.45) is 8.50. The molecule has 1 aromatic rings. The van der Waals surface area contributed by atoms with Gasteiger partial charge < -0.3 is 15.6 Å². The zero-order valence-corrected chi connectivity index (χ0v) is 12.4. The summed E-state index contributed by atoms with van der Waals surface area (Å²) in [7, 11) is 0. The van der Waals surface area contributed by atoms with E-state index in [-0.39, 0.29) is 29.2 Å². The third kappa shape index (κ3) is 6.39. The predicted molar refractivity (Wildman–Crippen MR) is 89.3 cm³/mol. The van der Waals surface area contributed by atoms with Crippen molar-refractivity contribution in [1.82, 2.24) is 0 Å². The number of carboxylic acids is 1. The fourth-order valence-electron chi connectivity index (χ4n) is 1.64. The van der Waals surface area contributed by atoms with Crippen LogP contribution < -0.4 is 0 Å². The average molecular weight is 311 g/mol. The number of carboxylic acid groups (broad SMARTS) is 1. The summed E-state index contributed by atoms with van der Waals surface area (Å²) in [6, 6.07) is 5.80. The molecule has 0 unspecified atom stereocenters. The maximum atomic E-state index is 12.0. The van der Waals surface area contributed by atoms with Crippen molar-refractivity contribution >= 4 is 17.5 Å². The smallest absolute Gasteiger partial charge is 0.335 e. The zero-order valence-electron chi connectivity index (χ0n) is 12.4. The number of carbonyl (C=O) groups excluding carboxylic acids is 1. The molecule has 0 radical (unpaired) electrons. The van der Waals surface area contributed by atoms with Crippen LogP contribution in [0.5, 0.6) is 0 Å². The lowest BCUT2D eigenvalue weighted by atomic mass is 10.0. The van der Waals surface area contributed by atoms with Crippen molar-refractivity contribution in [1.29, 1.82) is 5.41 Å². The minimum absolute atomic E-state index is 0.0280. The number of aliphatic hydroxyl groups excluding tert-OH is 1. The van der Waals surface area contributed by atoms with Crippen LogP contribution in [-0.2, 0) is 0 Å². The van der Waals surface area contributed by atoms with Crippen molar-refractivity contribution in [2.75, 3.05) is 0 Å². The van der Waals surface area contributed by atoms with Gasteiger partial charge in [-0.25, -0.2) is 4.79 Å². The molecule has 0 aliphatic heterocycles.